The van der Waals surface area contributed by atoms with Gasteiger partial charge in [-0.2, -0.15) is 5.06 Å². The molecule has 0 atom stereocenters. The zero-order chi connectivity index (χ0) is 11.2. The lowest BCUT2D eigenvalue weighted by molar-refractivity contribution is -0.139. The summed E-state index contributed by atoms with van der Waals surface area (Å²) in [7, 11) is 0. The van der Waals surface area contributed by atoms with E-state index in [1.54, 1.807) is 5.06 Å². The van der Waals surface area contributed by atoms with Gasteiger partial charge in [0.1, 0.15) is 0 Å². The van der Waals surface area contributed by atoms with Gasteiger partial charge in [-0.3, -0.25) is 4.90 Å². The highest BCUT2D eigenvalue weighted by atomic mass is 16.5. The molecule has 1 saturated heterocycles. The summed E-state index contributed by atoms with van der Waals surface area (Å²) in [5.74, 6) is 0. The molecule has 1 N–H and O–H groups in total. The standard InChI is InChI=1S/C12H24N2O2/c15-14(12-4-2-1-3-5-12)7-6-13-8-10-16-11-9-13/h12,15H,1-11H2. The normalized spacial score (nSPS) is 25.1. The van der Waals surface area contributed by atoms with E-state index in [4.69, 9.17) is 4.74 Å². The Kier molecular flexibility index (Phi) is 5.03. The molecule has 0 unspecified atom stereocenters. The summed E-state index contributed by atoms with van der Waals surface area (Å²) in [6.07, 6.45) is 6.23. The molecular weight excluding hydrogens is 204 g/mol. The van der Waals surface area contributed by atoms with E-state index in [1.165, 1.54) is 32.1 Å². The minimum absolute atomic E-state index is 0.412. The van der Waals surface area contributed by atoms with E-state index in [0.29, 0.717) is 6.04 Å². The van der Waals surface area contributed by atoms with Gasteiger partial charge in [0, 0.05) is 32.2 Å². The molecule has 2 rings (SSSR count). The van der Waals surface area contributed by atoms with Gasteiger partial charge in [-0.05, 0) is 12.8 Å². The van der Waals surface area contributed by atoms with Gasteiger partial charge in [0.2, 0.25) is 0 Å². The van der Waals surface area contributed by atoms with Gasteiger partial charge in [0.25, 0.3) is 0 Å². The van der Waals surface area contributed by atoms with E-state index < -0.39 is 0 Å². The zero-order valence-electron chi connectivity index (χ0n) is 10.1. The first-order chi connectivity index (χ1) is 7.86. The molecule has 0 spiro atoms. The fraction of sp³-hybridized carbons (Fsp3) is 1.00. The predicted octanol–water partition coefficient (Wildman–Crippen LogP) is 1.34. The third-order valence-electron chi connectivity index (χ3n) is 3.75. The second-order valence-corrected chi connectivity index (χ2v) is 4.91. The first-order valence-corrected chi connectivity index (χ1v) is 6.62. The Bertz CT molecular complexity index is 189. The second-order valence-electron chi connectivity index (χ2n) is 4.91. The fourth-order valence-corrected chi connectivity index (χ4v) is 2.63. The molecule has 0 amide bonds. The summed E-state index contributed by atoms with van der Waals surface area (Å²) >= 11 is 0. The van der Waals surface area contributed by atoms with Crippen LogP contribution in [-0.2, 0) is 4.74 Å². The average molecular weight is 228 g/mol. The van der Waals surface area contributed by atoms with Gasteiger partial charge in [-0.1, -0.05) is 19.3 Å². The van der Waals surface area contributed by atoms with Crippen molar-refractivity contribution in [2.24, 2.45) is 0 Å². The van der Waals surface area contributed by atoms with E-state index in [2.05, 4.69) is 4.90 Å². The summed E-state index contributed by atoms with van der Waals surface area (Å²) in [5, 5.41) is 11.6. The van der Waals surface area contributed by atoms with Crippen molar-refractivity contribution in [3.05, 3.63) is 0 Å². The highest BCUT2D eigenvalue weighted by Crippen LogP contribution is 2.21. The molecule has 1 aliphatic carbocycles. The molecule has 0 aromatic rings. The van der Waals surface area contributed by atoms with Gasteiger partial charge in [-0.15, -0.1) is 0 Å². The molecule has 2 fully saturated rings. The average Bonchev–Trinajstić information content (AvgIpc) is 2.38. The molecule has 94 valence electrons. The third kappa shape index (κ3) is 3.70. The fourth-order valence-electron chi connectivity index (χ4n) is 2.63. The highest BCUT2D eigenvalue weighted by molar-refractivity contribution is 4.72. The van der Waals surface area contributed by atoms with Crippen LogP contribution in [0.2, 0.25) is 0 Å². The molecule has 1 saturated carbocycles. The van der Waals surface area contributed by atoms with E-state index in [0.717, 1.165) is 39.4 Å². The van der Waals surface area contributed by atoms with Crippen molar-refractivity contribution in [3.8, 4) is 0 Å². The van der Waals surface area contributed by atoms with Crippen molar-refractivity contribution in [1.29, 1.82) is 0 Å². The summed E-state index contributed by atoms with van der Waals surface area (Å²) in [4.78, 5) is 2.37. The Morgan fingerprint density at radius 3 is 2.50 bits per heavy atom. The Balaban J connectivity index is 1.63. The summed E-state index contributed by atoms with van der Waals surface area (Å²) in [6.45, 7) is 5.46. The Morgan fingerprint density at radius 1 is 1.12 bits per heavy atom. The maximum Gasteiger partial charge on any atom is 0.0594 e. The van der Waals surface area contributed by atoms with Crippen LogP contribution in [0.25, 0.3) is 0 Å². The van der Waals surface area contributed by atoms with Crippen LogP contribution in [0.3, 0.4) is 0 Å². The van der Waals surface area contributed by atoms with Crippen molar-refractivity contribution in [1.82, 2.24) is 9.96 Å². The molecule has 1 aliphatic heterocycles. The molecule has 4 nitrogen and oxygen atoms in total. The van der Waals surface area contributed by atoms with E-state index in [9.17, 15) is 5.21 Å². The molecule has 0 bridgehead atoms. The monoisotopic (exact) mass is 228 g/mol. The SMILES string of the molecule is ON(CCN1CCOCC1)C1CCCCC1. The molecule has 2 aliphatic rings. The molecule has 0 radical (unpaired) electrons. The van der Waals surface area contributed by atoms with Crippen LogP contribution in [0, 0.1) is 0 Å². The number of rotatable bonds is 4. The maximum absolute atomic E-state index is 9.98. The van der Waals surface area contributed by atoms with Crippen molar-refractivity contribution >= 4 is 0 Å². The van der Waals surface area contributed by atoms with E-state index in [-0.39, 0.29) is 0 Å². The Morgan fingerprint density at radius 2 is 1.81 bits per heavy atom. The highest BCUT2D eigenvalue weighted by Gasteiger charge is 2.20. The Labute approximate surface area is 98.1 Å². The minimum Gasteiger partial charge on any atom is -0.379 e. The van der Waals surface area contributed by atoms with Gasteiger partial charge in [-0.25, -0.2) is 0 Å². The van der Waals surface area contributed by atoms with E-state index >= 15 is 0 Å². The number of hydrogen-bond donors (Lipinski definition) is 1. The van der Waals surface area contributed by atoms with Crippen LogP contribution in [0.5, 0.6) is 0 Å². The molecular formula is C12H24N2O2. The number of hydrogen-bond acceptors (Lipinski definition) is 4. The largest absolute Gasteiger partial charge is 0.379 e. The summed E-state index contributed by atoms with van der Waals surface area (Å²) in [5.41, 5.74) is 0. The first-order valence-electron chi connectivity index (χ1n) is 6.62. The predicted molar refractivity (Wildman–Crippen MR) is 62.6 cm³/mol. The number of morpholine rings is 1. The smallest absolute Gasteiger partial charge is 0.0594 e. The minimum atomic E-state index is 0.412. The first kappa shape index (κ1) is 12.3. The number of ether oxygens (including phenoxy) is 1. The molecule has 0 aromatic heterocycles. The van der Waals surface area contributed by atoms with Gasteiger partial charge in [0.15, 0.2) is 0 Å². The zero-order valence-corrected chi connectivity index (χ0v) is 10.1. The molecule has 4 heteroatoms. The second kappa shape index (κ2) is 6.55. The Hall–Kier alpha value is -0.160. The molecule has 1 heterocycles. The van der Waals surface area contributed by atoms with Crippen molar-refractivity contribution < 1.29 is 9.94 Å². The number of nitrogens with zero attached hydrogens (tertiary/aromatic N) is 2. The van der Waals surface area contributed by atoms with Gasteiger partial charge < -0.3 is 9.94 Å². The lowest BCUT2D eigenvalue weighted by atomic mass is 9.95. The van der Waals surface area contributed by atoms with Crippen LogP contribution in [-0.4, -0.2) is 60.6 Å². The van der Waals surface area contributed by atoms with Crippen LogP contribution >= 0.6 is 0 Å². The van der Waals surface area contributed by atoms with Crippen LogP contribution in [0.15, 0.2) is 0 Å². The topological polar surface area (TPSA) is 35.9 Å². The van der Waals surface area contributed by atoms with Gasteiger partial charge in [0.05, 0.1) is 13.2 Å². The van der Waals surface area contributed by atoms with E-state index in [1.807, 2.05) is 0 Å². The summed E-state index contributed by atoms with van der Waals surface area (Å²) < 4.78 is 5.31. The van der Waals surface area contributed by atoms with Crippen LogP contribution in [0.4, 0.5) is 0 Å². The quantitative estimate of drug-likeness (QED) is 0.737. The van der Waals surface area contributed by atoms with Crippen molar-refractivity contribution in [2.75, 3.05) is 39.4 Å². The molecule has 16 heavy (non-hydrogen) atoms. The van der Waals surface area contributed by atoms with Crippen LogP contribution < -0.4 is 0 Å². The van der Waals surface area contributed by atoms with Crippen molar-refractivity contribution in [2.45, 2.75) is 38.1 Å². The molecule has 0 aromatic carbocycles. The van der Waals surface area contributed by atoms with Gasteiger partial charge >= 0.3 is 0 Å². The lowest BCUT2D eigenvalue weighted by Crippen LogP contribution is -2.43. The summed E-state index contributed by atoms with van der Waals surface area (Å²) in [6, 6.07) is 0.412. The third-order valence-corrected chi connectivity index (χ3v) is 3.75. The van der Waals surface area contributed by atoms with Crippen LogP contribution in [0.1, 0.15) is 32.1 Å². The van der Waals surface area contributed by atoms with Crippen molar-refractivity contribution in [3.63, 3.8) is 0 Å². The number of hydroxylamine groups is 2. The lowest BCUT2D eigenvalue weighted by Gasteiger charge is -2.32. The maximum atomic E-state index is 9.98.